The molecule has 0 saturated heterocycles. The lowest BCUT2D eigenvalue weighted by Crippen LogP contribution is -2.03. The van der Waals surface area contributed by atoms with Crippen LogP contribution in [0.2, 0.25) is 5.02 Å². The number of nitrogen functional groups attached to an aromatic ring is 1. The predicted octanol–water partition coefficient (Wildman–Crippen LogP) is 3.55. The molecule has 0 saturated carbocycles. The molecule has 1 atom stereocenters. The van der Waals surface area contributed by atoms with E-state index in [1.165, 1.54) is 0 Å². The third-order valence-corrected chi connectivity index (χ3v) is 4.86. The van der Waals surface area contributed by atoms with E-state index in [4.69, 9.17) is 22.1 Å². The van der Waals surface area contributed by atoms with Crippen LogP contribution in [-0.2, 0) is 16.6 Å². The predicted molar refractivity (Wildman–Crippen MR) is 83.7 cm³/mol. The third kappa shape index (κ3) is 3.14. The molecule has 0 aliphatic heterocycles. The molecule has 0 aliphatic rings. The number of nitrogens with two attached hydrogens (primary N) is 1. The molecule has 5 heteroatoms. The summed E-state index contributed by atoms with van der Waals surface area (Å²) in [5.41, 5.74) is 8.28. The van der Waals surface area contributed by atoms with Crippen LogP contribution in [0.25, 0.3) is 0 Å². The topological polar surface area (TPSA) is 52.3 Å². The Labute approximate surface area is 126 Å². The van der Waals surface area contributed by atoms with Gasteiger partial charge in [-0.05, 0) is 25.1 Å². The van der Waals surface area contributed by atoms with Crippen LogP contribution in [0.5, 0.6) is 5.75 Å². The molecule has 2 aromatic carbocycles. The molecule has 106 valence electrons. The summed E-state index contributed by atoms with van der Waals surface area (Å²) >= 11 is 6.09. The molecule has 0 fully saturated rings. The van der Waals surface area contributed by atoms with Crippen molar-refractivity contribution in [3.8, 4) is 5.75 Å². The van der Waals surface area contributed by atoms with E-state index in [1.807, 2.05) is 25.1 Å². The maximum absolute atomic E-state index is 12.5. The number of anilines is 1. The van der Waals surface area contributed by atoms with Crippen LogP contribution in [0.1, 0.15) is 11.1 Å². The van der Waals surface area contributed by atoms with Gasteiger partial charge in [-0.15, -0.1) is 0 Å². The zero-order chi connectivity index (χ0) is 14.7. The number of hydrogen-bond acceptors (Lipinski definition) is 3. The van der Waals surface area contributed by atoms with Crippen molar-refractivity contribution < 1.29 is 8.95 Å². The van der Waals surface area contributed by atoms with Gasteiger partial charge in [0.15, 0.2) is 0 Å². The maximum atomic E-state index is 12.5. The van der Waals surface area contributed by atoms with E-state index in [0.717, 1.165) is 16.9 Å². The van der Waals surface area contributed by atoms with Crippen LogP contribution in [-0.4, -0.2) is 11.3 Å². The van der Waals surface area contributed by atoms with Crippen LogP contribution in [0, 0.1) is 6.92 Å². The normalized spacial score (nSPS) is 12.2. The minimum atomic E-state index is -1.31. The lowest BCUT2D eigenvalue weighted by molar-refractivity contribution is 0.411. The quantitative estimate of drug-likeness (QED) is 0.879. The van der Waals surface area contributed by atoms with Crippen molar-refractivity contribution in [1.29, 1.82) is 0 Å². The molecule has 0 spiro atoms. The molecule has 1 unspecified atom stereocenters. The first-order valence-electron chi connectivity index (χ1n) is 6.09. The molecule has 0 radical (unpaired) electrons. The average molecular weight is 310 g/mol. The van der Waals surface area contributed by atoms with Crippen molar-refractivity contribution in [2.45, 2.75) is 17.6 Å². The summed E-state index contributed by atoms with van der Waals surface area (Å²) in [6, 6.07) is 10.9. The summed E-state index contributed by atoms with van der Waals surface area (Å²) in [6.07, 6.45) is 0. The van der Waals surface area contributed by atoms with Crippen LogP contribution >= 0.6 is 11.6 Å². The Hall–Kier alpha value is -1.52. The number of benzene rings is 2. The molecule has 2 aromatic rings. The van der Waals surface area contributed by atoms with E-state index < -0.39 is 10.8 Å². The number of methoxy groups -OCH3 is 1. The Balaban J connectivity index is 2.35. The standard InChI is InChI=1S/C15H16ClNO2S/c1-10-6-7-14(19-2)11(8-10)9-20(18)15-12(16)4-3-5-13(15)17/h3-8H,9,17H2,1-2H3. The van der Waals surface area contributed by atoms with Gasteiger partial charge in [-0.1, -0.05) is 35.4 Å². The van der Waals surface area contributed by atoms with Gasteiger partial charge in [-0.25, -0.2) is 0 Å². The molecule has 3 nitrogen and oxygen atoms in total. The van der Waals surface area contributed by atoms with Crippen LogP contribution in [0.15, 0.2) is 41.3 Å². The van der Waals surface area contributed by atoms with E-state index in [2.05, 4.69) is 0 Å². The summed E-state index contributed by atoms with van der Waals surface area (Å²) in [5.74, 6) is 1.04. The van der Waals surface area contributed by atoms with Gasteiger partial charge in [0.1, 0.15) is 5.75 Å². The second-order valence-electron chi connectivity index (χ2n) is 4.46. The summed E-state index contributed by atoms with van der Waals surface area (Å²) < 4.78 is 17.8. The number of aryl methyl sites for hydroxylation is 1. The van der Waals surface area contributed by atoms with Gasteiger partial charge in [0, 0.05) is 11.3 Å². The highest BCUT2D eigenvalue weighted by Gasteiger charge is 2.15. The number of halogens is 1. The van der Waals surface area contributed by atoms with Gasteiger partial charge in [-0.2, -0.15) is 0 Å². The lowest BCUT2D eigenvalue weighted by atomic mass is 10.1. The largest absolute Gasteiger partial charge is 0.496 e. The fourth-order valence-electron chi connectivity index (χ4n) is 2.00. The average Bonchev–Trinajstić information content (AvgIpc) is 2.38. The van der Waals surface area contributed by atoms with E-state index in [0.29, 0.717) is 21.4 Å². The fourth-order valence-corrected chi connectivity index (χ4v) is 3.71. The Bertz CT molecular complexity index is 638. The highest BCUT2D eigenvalue weighted by Crippen LogP contribution is 2.29. The Kier molecular flexibility index (Phi) is 4.68. The van der Waals surface area contributed by atoms with Gasteiger partial charge < -0.3 is 10.5 Å². The van der Waals surface area contributed by atoms with Crippen molar-refractivity contribution in [2.24, 2.45) is 0 Å². The minimum Gasteiger partial charge on any atom is -0.496 e. The number of ether oxygens (including phenoxy) is 1. The molecular formula is C15H16ClNO2S. The number of rotatable bonds is 4. The zero-order valence-electron chi connectivity index (χ0n) is 11.4. The molecular weight excluding hydrogens is 294 g/mol. The summed E-state index contributed by atoms with van der Waals surface area (Å²) in [4.78, 5) is 0.484. The first-order chi connectivity index (χ1) is 9.52. The molecule has 20 heavy (non-hydrogen) atoms. The van der Waals surface area contributed by atoms with Crippen molar-refractivity contribution in [1.82, 2.24) is 0 Å². The zero-order valence-corrected chi connectivity index (χ0v) is 12.9. The Morgan fingerprint density at radius 3 is 2.70 bits per heavy atom. The smallest absolute Gasteiger partial charge is 0.123 e. The second-order valence-corrected chi connectivity index (χ2v) is 6.26. The first-order valence-corrected chi connectivity index (χ1v) is 7.78. The third-order valence-electron chi connectivity index (χ3n) is 2.95. The SMILES string of the molecule is COc1ccc(C)cc1CS(=O)c1c(N)cccc1Cl. The van der Waals surface area contributed by atoms with E-state index in [1.54, 1.807) is 25.3 Å². The van der Waals surface area contributed by atoms with Gasteiger partial charge in [0.05, 0.1) is 33.6 Å². The Morgan fingerprint density at radius 2 is 2.05 bits per heavy atom. The fraction of sp³-hybridized carbons (Fsp3) is 0.200. The van der Waals surface area contributed by atoms with Crippen molar-refractivity contribution >= 4 is 28.1 Å². The molecule has 0 aromatic heterocycles. The monoisotopic (exact) mass is 309 g/mol. The van der Waals surface area contributed by atoms with Crippen molar-refractivity contribution in [2.75, 3.05) is 12.8 Å². The van der Waals surface area contributed by atoms with Crippen molar-refractivity contribution in [3.63, 3.8) is 0 Å². The van der Waals surface area contributed by atoms with Gasteiger partial charge in [-0.3, -0.25) is 4.21 Å². The molecule has 0 bridgehead atoms. The minimum absolute atomic E-state index is 0.318. The van der Waals surface area contributed by atoms with Gasteiger partial charge in [0.2, 0.25) is 0 Å². The van der Waals surface area contributed by atoms with Crippen LogP contribution < -0.4 is 10.5 Å². The van der Waals surface area contributed by atoms with E-state index >= 15 is 0 Å². The molecule has 0 amide bonds. The summed E-state index contributed by atoms with van der Waals surface area (Å²) in [7, 11) is 0.284. The summed E-state index contributed by atoms with van der Waals surface area (Å²) in [5, 5.41) is 0.426. The second kappa shape index (κ2) is 6.29. The molecule has 0 heterocycles. The molecule has 2 N–H and O–H groups in total. The number of hydrogen-bond donors (Lipinski definition) is 1. The summed E-state index contributed by atoms with van der Waals surface area (Å²) in [6.45, 7) is 1.98. The van der Waals surface area contributed by atoms with Crippen LogP contribution in [0.3, 0.4) is 0 Å². The van der Waals surface area contributed by atoms with Gasteiger partial charge >= 0.3 is 0 Å². The van der Waals surface area contributed by atoms with E-state index in [-0.39, 0.29) is 0 Å². The first kappa shape index (κ1) is 14.9. The van der Waals surface area contributed by atoms with Crippen molar-refractivity contribution in [3.05, 3.63) is 52.5 Å². The van der Waals surface area contributed by atoms with E-state index in [9.17, 15) is 4.21 Å². The highest BCUT2D eigenvalue weighted by atomic mass is 35.5. The highest BCUT2D eigenvalue weighted by molar-refractivity contribution is 7.84. The lowest BCUT2D eigenvalue weighted by Gasteiger charge is -2.11. The maximum Gasteiger partial charge on any atom is 0.123 e. The van der Waals surface area contributed by atoms with Crippen LogP contribution in [0.4, 0.5) is 5.69 Å². The molecule has 0 aliphatic carbocycles. The molecule has 2 rings (SSSR count). The van der Waals surface area contributed by atoms with Gasteiger partial charge in [0.25, 0.3) is 0 Å². The Morgan fingerprint density at radius 1 is 1.30 bits per heavy atom.